The van der Waals surface area contributed by atoms with E-state index in [-0.39, 0.29) is 0 Å². The van der Waals surface area contributed by atoms with Gasteiger partial charge in [0.15, 0.2) is 0 Å². The van der Waals surface area contributed by atoms with Crippen molar-refractivity contribution in [2.45, 2.75) is 0 Å². The molecule has 0 bridgehead atoms. The average molecular weight is 204 g/mol. The molecular formula is C2HCl3Ge. The van der Waals surface area contributed by atoms with Crippen molar-refractivity contribution in [3.8, 4) is 11.2 Å². The van der Waals surface area contributed by atoms with Crippen molar-refractivity contribution >= 4 is 40.5 Å². The van der Waals surface area contributed by atoms with Gasteiger partial charge in [-0.25, -0.2) is 0 Å². The van der Waals surface area contributed by atoms with Gasteiger partial charge in [-0.1, -0.05) is 0 Å². The van der Waals surface area contributed by atoms with Crippen LogP contribution in [0.2, 0.25) is 0 Å². The summed E-state index contributed by atoms with van der Waals surface area (Å²) in [5.41, 5.74) is 0. The van der Waals surface area contributed by atoms with E-state index in [1.165, 1.54) is 0 Å². The van der Waals surface area contributed by atoms with Crippen LogP contribution in [-0.2, 0) is 0 Å². The first-order valence-corrected chi connectivity index (χ1v) is 10.4. The molecule has 0 saturated carbocycles. The molecule has 4 heteroatoms. The van der Waals surface area contributed by atoms with Crippen LogP contribution in [-0.4, -0.2) is 10.5 Å². The van der Waals surface area contributed by atoms with Crippen LogP contribution in [0, 0.1) is 11.2 Å². The summed E-state index contributed by atoms with van der Waals surface area (Å²) in [6.45, 7) is 0. The molecule has 0 aliphatic heterocycles. The van der Waals surface area contributed by atoms with E-state index in [2.05, 4.69) is 4.75 Å². The number of terminal acetylenes is 1. The van der Waals surface area contributed by atoms with Crippen molar-refractivity contribution in [1.29, 1.82) is 0 Å². The third-order valence-electron chi connectivity index (χ3n) is 0.164. The summed E-state index contributed by atoms with van der Waals surface area (Å²) in [6.07, 6.45) is 4.74. The van der Waals surface area contributed by atoms with Gasteiger partial charge in [0.2, 0.25) is 0 Å². The van der Waals surface area contributed by atoms with Crippen molar-refractivity contribution in [1.82, 2.24) is 0 Å². The fraction of sp³-hybridized carbons (Fsp3) is 0. The van der Waals surface area contributed by atoms with E-state index < -0.39 is 10.5 Å². The first-order chi connectivity index (χ1) is 2.56. The van der Waals surface area contributed by atoms with E-state index >= 15 is 0 Å². The van der Waals surface area contributed by atoms with Crippen LogP contribution < -0.4 is 0 Å². The second-order valence-corrected chi connectivity index (χ2v) is 15.2. The van der Waals surface area contributed by atoms with Crippen LogP contribution in [0.5, 0.6) is 0 Å². The molecule has 0 heterocycles. The minimum absolute atomic E-state index is 2.09. The fourth-order valence-corrected chi connectivity index (χ4v) is 0. The molecule has 0 N–H and O–H groups in total. The molecule has 0 rings (SSSR count). The Bertz CT molecular complexity index is 75.8. The van der Waals surface area contributed by atoms with Crippen molar-refractivity contribution in [2.24, 2.45) is 0 Å². The molecule has 0 nitrogen and oxygen atoms in total. The van der Waals surface area contributed by atoms with E-state index in [9.17, 15) is 0 Å². The second-order valence-electron chi connectivity index (χ2n) is 0.642. The predicted molar refractivity (Wildman–Crippen MR) is 32.1 cm³/mol. The zero-order valence-corrected chi connectivity index (χ0v) is 7.08. The number of hydrogen-bond donors (Lipinski definition) is 0. The standard InChI is InChI=1S/C2HCl3Ge/c1-2-6(3,4)5/h1H. The molecule has 0 atom stereocenters. The molecule has 0 aromatic carbocycles. The van der Waals surface area contributed by atoms with Crippen molar-refractivity contribution in [3.63, 3.8) is 0 Å². The van der Waals surface area contributed by atoms with Gasteiger partial charge in [0.25, 0.3) is 0 Å². The van der Waals surface area contributed by atoms with Crippen LogP contribution in [0.15, 0.2) is 0 Å². The van der Waals surface area contributed by atoms with Crippen LogP contribution in [0.1, 0.15) is 0 Å². The van der Waals surface area contributed by atoms with E-state index in [1.54, 1.807) is 0 Å². The Hall–Kier alpha value is 0.973. The minimum atomic E-state index is -3.10. The van der Waals surface area contributed by atoms with E-state index in [0.717, 1.165) is 0 Å². The number of rotatable bonds is 0. The van der Waals surface area contributed by atoms with Gasteiger partial charge in [0, 0.05) is 0 Å². The molecule has 0 spiro atoms. The average Bonchev–Trinajstić information content (AvgIpc) is 1.35. The summed E-state index contributed by atoms with van der Waals surface area (Å²) in [6, 6.07) is 0. The van der Waals surface area contributed by atoms with Crippen LogP contribution in [0.25, 0.3) is 0 Å². The van der Waals surface area contributed by atoms with Gasteiger partial charge >= 0.3 is 51.7 Å². The number of halogens is 3. The molecule has 0 aromatic rings. The quantitative estimate of drug-likeness (QED) is 0.417. The Balaban J connectivity index is 3.55. The Kier molecular flexibility index (Phi) is 2.70. The first-order valence-electron chi connectivity index (χ1n) is 1.11. The molecule has 0 fully saturated rings. The van der Waals surface area contributed by atoms with Gasteiger partial charge in [-0.3, -0.25) is 0 Å². The Morgan fingerprint density at radius 3 is 1.50 bits per heavy atom. The Morgan fingerprint density at radius 2 is 1.50 bits per heavy atom. The molecule has 0 amide bonds. The van der Waals surface area contributed by atoms with E-state index in [0.29, 0.717) is 0 Å². The fourth-order valence-electron chi connectivity index (χ4n) is 0. The summed E-state index contributed by atoms with van der Waals surface area (Å²) < 4.78 is 2.09. The third kappa shape index (κ3) is 4.97. The van der Waals surface area contributed by atoms with Gasteiger partial charge < -0.3 is 0 Å². The molecule has 0 radical (unpaired) electrons. The third-order valence-corrected chi connectivity index (χ3v) is 2.55. The zero-order chi connectivity index (χ0) is 5.21. The Morgan fingerprint density at radius 1 is 1.33 bits per heavy atom. The summed E-state index contributed by atoms with van der Waals surface area (Å²) in [4.78, 5) is 0. The SMILES string of the molecule is C#[C][Ge]([Cl])([Cl])[Cl]. The van der Waals surface area contributed by atoms with Gasteiger partial charge in [0.1, 0.15) is 0 Å². The Labute approximate surface area is 51.7 Å². The van der Waals surface area contributed by atoms with Crippen molar-refractivity contribution < 1.29 is 0 Å². The molecule has 0 aromatic heterocycles. The molecule has 6 heavy (non-hydrogen) atoms. The molecule has 0 saturated heterocycles. The predicted octanol–water partition coefficient (Wildman–Crippen LogP) is 1.81. The molecule has 0 aliphatic rings. The molecule has 0 aliphatic carbocycles. The summed E-state index contributed by atoms with van der Waals surface area (Å²) in [5.74, 6) is 0. The van der Waals surface area contributed by atoms with Crippen LogP contribution in [0.4, 0.5) is 0 Å². The second kappa shape index (κ2) is 2.32. The maximum absolute atomic E-state index is 5.20. The van der Waals surface area contributed by atoms with E-state index in [4.69, 9.17) is 36.5 Å². The van der Waals surface area contributed by atoms with Gasteiger partial charge in [-0.05, 0) is 0 Å². The van der Waals surface area contributed by atoms with Crippen molar-refractivity contribution in [2.75, 3.05) is 0 Å². The summed E-state index contributed by atoms with van der Waals surface area (Å²) in [7, 11) is 12.5. The van der Waals surface area contributed by atoms with Gasteiger partial charge in [0.05, 0.1) is 0 Å². The number of hydrogen-bond acceptors (Lipinski definition) is 0. The molecule has 0 unspecified atom stereocenters. The van der Waals surface area contributed by atoms with E-state index in [1.807, 2.05) is 0 Å². The topological polar surface area (TPSA) is 0 Å². The van der Waals surface area contributed by atoms with Crippen LogP contribution >= 0.6 is 30.0 Å². The zero-order valence-electron chi connectivity index (χ0n) is 2.71. The first kappa shape index (κ1) is 6.97. The molecule has 34 valence electrons. The summed E-state index contributed by atoms with van der Waals surface area (Å²) >= 11 is 0. The van der Waals surface area contributed by atoms with Crippen molar-refractivity contribution in [3.05, 3.63) is 0 Å². The molecular weight excluding hydrogens is 203 g/mol. The normalized spacial score (nSPS) is 10.3. The van der Waals surface area contributed by atoms with Crippen LogP contribution in [0.3, 0.4) is 0 Å². The van der Waals surface area contributed by atoms with Gasteiger partial charge in [-0.15, -0.1) is 0 Å². The summed E-state index contributed by atoms with van der Waals surface area (Å²) in [5, 5.41) is 0. The monoisotopic (exact) mass is 204 g/mol. The maximum atomic E-state index is 5.20. The van der Waals surface area contributed by atoms with Gasteiger partial charge in [-0.2, -0.15) is 0 Å².